The van der Waals surface area contributed by atoms with E-state index in [1.807, 2.05) is 12.1 Å². The molecular weight excluding hydrogens is 432 g/mol. The van der Waals surface area contributed by atoms with E-state index in [9.17, 15) is 14.7 Å². The van der Waals surface area contributed by atoms with Crippen molar-refractivity contribution in [2.45, 2.75) is 0 Å². The summed E-state index contributed by atoms with van der Waals surface area (Å²) in [6.45, 7) is 0. The Morgan fingerprint density at radius 2 is 1.62 bits per heavy atom. The second kappa shape index (κ2) is 8.83. The topological polar surface area (TPSA) is 133 Å². The second-order valence-electron chi connectivity index (χ2n) is 7.45. The van der Waals surface area contributed by atoms with Crippen LogP contribution in [0.5, 0.6) is 5.75 Å². The SMILES string of the molecule is O=C(Nc1ccc(-c2nc3cc(NC(=O)c4cccnc4)ncc3[nH]2)cc1)c1ccc(O)cc1. The van der Waals surface area contributed by atoms with Gasteiger partial charge in [-0.1, -0.05) is 0 Å². The number of benzene rings is 2. The minimum atomic E-state index is -0.305. The average molecular weight is 450 g/mol. The van der Waals surface area contributed by atoms with Crippen molar-refractivity contribution in [1.82, 2.24) is 19.9 Å². The number of rotatable bonds is 5. The molecular formula is C25H18N6O3. The summed E-state index contributed by atoms with van der Waals surface area (Å²) in [7, 11) is 0. The Balaban J connectivity index is 1.30. The third kappa shape index (κ3) is 4.44. The van der Waals surface area contributed by atoms with Crippen LogP contribution < -0.4 is 10.6 Å². The van der Waals surface area contributed by atoms with E-state index in [0.717, 1.165) is 11.1 Å². The number of aromatic nitrogens is 4. The summed E-state index contributed by atoms with van der Waals surface area (Å²) in [4.78, 5) is 40.7. The van der Waals surface area contributed by atoms with Gasteiger partial charge < -0.3 is 20.7 Å². The van der Waals surface area contributed by atoms with Gasteiger partial charge in [-0.25, -0.2) is 9.97 Å². The molecule has 166 valence electrons. The summed E-state index contributed by atoms with van der Waals surface area (Å²) < 4.78 is 0. The number of imidazole rings is 1. The van der Waals surface area contributed by atoms with E-state index in [4.69, 9.17) is 0 Å². The van der Waals surface area contributed by atoms with Gasteiger partial charge in [-0.3, -0.25) is 14.6 Å². The van der Waals surface area contributed by atoms with E-state index in [0.29, 0.717) is 34.0 Å². The summed E-state index contributed by atoms with van der Waals surface area (Å²) in [5, 5.41) is 14.9. The van der Waals surface area contributed by atoms with Gasteiger partial charge in [-0.05, 0) is 60.7 Å². The number of nitrogens with zero attached hydrogens (tertiary/aromatic N) is 3. The number of pyridine rings is 2. The molecule has 3 heterocycles. The van der Waals surface area contributed by atoms with Gasteiger partial charge in [0.2, 0.25) is 0 Å². The number of aromatic hydroxyl groups is 1. The lowest BCUT2D eigenvalue weighted by atomic mass is 10.1. The van der Waals surface area contributed by atoms with E-state index in [-0.39, 0.29) is 17.6 Å². The van der Waals surface area contributed by atoms with Gasteiger partial charge in [0.25, 0.3) is 11.8 Å². The number of nitrogens with one attached hydrogen (secondary N) is 3. The number of anilines is 2. The first kappa shape index (κ1) is 20.8. The first-order valence-corrected chi connectivity index (χ1v) is 10.3. The highest BCUT2D eigenvalue weighted by molar-refractivity contribution is 6.05. The molecule has 0 bridgehead atoms. The molecule has 3 aromatic heterocycles. The Labute approximate surface area is 193 Å². The summed E-state index contributed by atoms with van der Waals surface area (Å²) in [6, 6.07) is 18.3. The van der Waals surface area contributed by atoms with Crippen LogP contribution >= 0.6 is 0 Å². The van der Waals surface area contributed by atoms with Crippen molar-refractivity contribution in [3.8, 4) is 17.1 Å². The maximum atomic E-state index is 12.3. The van der Waals surface area contributed by atoms with E-state index >= 15 is 0 Å². The fraction of sp³-hybridized carbons (Fsp3) is 0. The zero-order chi connectivity index (χ0) is 23.5. The molecule has 0 atom stereocenters. The van der Waals surface area contributed by atoms with Gasteiger partial charge in [0, 0.05) is 35.3 Å². The molecule has 0 spiro atoms. The smallest absolute Gasteiger partial charge is 0.258 e. The molecule has 0 saturated heterocycles. The summed E-state index contributed by atoms with van der Waals surface area (Å²) >= 11 is 0. The zero-order valence-corrected chi connectivity index (χ0v) is 17.7. The Bertz CT molecular complexity index is 1480. The van der Waals surface area contributed by atoms with E-state index in [1.165, 1.54) is 18.3 Å². The molecule has 9 nitrogen and oxygen atoms in total. The van der Waals surface area contributed by atoms with E-state index in [1.54, 1.807) is 54.9 Å². The fourth-order valence-corrected chi connectivity index (χ4v) is 3.33. The molecule has 0 aliphatic heterocycles. The van der Waals surface area contributed by atoms with Gasteiger partial charge in [-0.2, -0.15) is 0 Å². The van der Waals surface area contributed by atoms with Crippen LogP contribution in [-0.2, 0) is 0 Å². The summed E-state index contributed by atoms with van der Waals surface area (Å²) in [5.74, 6) is 0.532. The number of aromatic amines is 1. The van der Waals surface area contributed by atoms with Crippen molar-refractivity contribution < 1.29 is 14.7 Å². The largest absolute Gasteiger partial charge is 0.508 e. The van der Waals surface area contributed by atoms with Gasteiger partial charge in [-0.15, -0.1) is 0 Å². The van der Waals surface area contributed by atoms with Crippen molar-refractivity contribution >= 4 is 34.4 Å². The third-order valence-electron chi connectivity index (χ3n) is 5.08. The number of amides is 2. The fourth-order valence-electron chi connectivity index (χ4n) is 3.33. The minimum absolute atomic E-state index is 0.102. The molecule has 2 aromatic carbocycles. The molecule has 0 fully saturated rings. The molecule has 0 saturated carbocycles. The first-order valence-electron chi connectivity index (χ1n) is 10.3. The maximum absolute atomic E-state index is 12.3. The highest BCUT2D eigenvalue weighted by atomic mass is 16.3. The highest BCUT2D eigenvalue weighted by Crippen LogP contribution is 2.23. The predicted octanol–water partition coefficient (Wildman–Crippen LogP) is 4.23. The molecule has 5 rings (SSSR count). The molecule has 0 aliphatic rings. The van der Waals surface area contributed by atoms with Crippen molar-refractivity contribution in [2.24, 2.45) is 0 Å². The van der Waals surface area contributed by atoms with Crippen LogP contribution in [0.4, 0.5) is 11.5 Å². The number of hydrogen-bond acceptors (Lipinski definition) is 6. The lowest BCUT2D eigenvalue weighted by molar-refractivity contribution is 0.101. The van der Waals surface area contributed by atoms with E-state index < -0.39 is 0 Å². The lowest BCUT2D eigenvalue weighted by Gasteiger charge is -2.06. The first-order chi connectivity index (χ1) is 16.5. The van der Waals surface area contributed by atoms with Crippen molar-refractivity contribution in [1.29, 1.82) is 0 Å². The Morgan fingerprint density at radius 1 is 0.853 bits per heavy atom. The quantitative estimate of drug-likeness (QED) is 0.317. The summed E-state index contributed by atoms with van der Waals surface area (Å²) in [6.07, 6.45) is 4.69. The molecule has 0 radical (unpaired) electrons. The monoisotopic (exact) mass is 450 g/mol. The number of phenolic OH excluding ortho intramolecular Hbond substituents is 1. The molecule has 0 aliphatic carbocycles. The van der Waals surface area contributed by atoms with E-state index in [2.05, 4.69) is 30.6 Å². The number of phenols is 1. The van der Waals surface area contributed by atoms with Gasteiger partial charge in [0.1, 0.15) is 17.4 Å². The number of fused-ring (bicyclic) bond motifs is 1. The third-order valence-corrected chi connectivity index (χ3v) is 5.08. The zero-order valence-electron chi connectivity index (χ0n) is 17.7. The minimum Gasteiger partial charge on any atom is -0.508 e. The Morgan fingerprint density at radius 3 is 2.35 bits per heavy atom. The molecule has 2 amide bonds. The Hall–Kier alpha value is -5.05. The van der Waals surface area contributed by atoms with Crippen LogP contribution in [0.1, 0.15) is 20.7 Å². The van der Waals surface area contributed by atoms with Gasteiger partial charge in [0.05, 0.1) is 22.8 Å². The van der Waals surface area contributed by atoms with Crippen molar-refractivity contribution in [2.75, 3.05) is 10.6 Å². The molecule has 5 aromatic rings. The maximum Gasteiger partial charge on any atom is 0.258 e. The highest BCUT2D eigenvalue weighted by Gasteiger charge is 2.11. The standard InChI is InChI=1S/C25H18N6O3/c32-19-9-5-16(6-10-19)24(33)28-18-7-3-15(4-8-18)23-29-20-12-22(27-14-21(20)30-23)31-25(34)17-2-1-11-26-13-17/h1-14,32H,(H,28,33)(H,29,30)(H,27,31,34). The van der Waals surface area contributed by atoms with Crippen molar-refractivity contribution in [3.63, 3.8) is 0 Å². The van der Waals surface area contributed by atoms with Crippen LogP contribution in [0, 0.1) is 0 Å². The number of carbonyl (C=O) groups excluding carboxylic acids is 2. The number of H-pyrrole nitrogens is 1. The van der Waals surface area contributed by atoms with Crippen LogP contribution in [-0.4, -0.2) is 36.9 Å². The molecule has 34 heavy (non-hydrogen) atoms. The second-order valence-corrected chi connectivity index (χ2v) is 7.45. The average Bonchev–Trinajstić information content (AvgIpc) is 3.29. The predicted molar refractivity (Wildman–Crippen MR) is 128 cm³/mol. The molecule has 4 N–H and O–H groups in total. The Kier molecular flexibility index (Phi) is 5.41. The van der Waals surface area contributed by atoms with Crippen LogP contribution in [0.15, 0.2) is 85.3 Å². The molecule has 9 heteroatoms. The van der Waals surface area contributed by atoms with Crippen LogP contribution in [0.2, 0.25) is 0 Å². The van der Waals surface area contributed by atoms with Crippen LogP contribution in [0.25, 0.3) is 22.4 Å². The number of hydrogen-bond donors (Lipinski definition) is 4. The van der Waals surface area contributed by atoms with Crippen molar-refractivity contribution in [3.05, 3.63) is 96.4 Å². The normalized spacial score (nSPS) is 10.7. The van der Waals surface area contributed by atoms with Gasteiger partial charge >= 0.3 is 0 Å². The van der Waals surface area contributed by atoms with Crippen LogP contribution in [0.3, 0.4) is 0 Å². The van der Waals surface area contributed by atoms with Gasteiger partial charge in [0.15, 0.2) is 0 Å². The summed E-state index contributed by atoms with van der Waals surface area (Å²) in [5.41, 5.74) is 3.69. The molecule has 0 unspecified atom stereocenters. The number of carbonyl (C=O) groups is 2. The lowest BCUT2D eigenvalue weighted by Crippen LogP contribution is -2.12.